The van der Waals surface area contributed by atoms with E-state index in [0.717, 1.165) is 6.07 Å². The summed E-state index contributed by atoms with van der Waals surface area (Å²) in [6.45, 7) is 3.43. The van der Waals surface area contributed by atoms with Gasteiger partial charge >= 0.3 is 5.97 Å². The summed E-state index contributed by atoms with van der Waals surface area (Å²) in [5, 5.41) is 21.4. The predicted octanol–water partition coefficient (Wildman–Crippen LogP) is 1.98. The smallest absolute Gasteiger partial charge is 0.341 e. The minimum Gasteiger partial charge on any atom is -0.633 e. The molecule has 1 N–H and O–H groups in total. The van der Waals surface area contributed by atoms with E-state index in [0.29, 0.717) is 31.7 Å². The number of carboxylic acid groups (broad SMARTS) is 1. The zero-order chi connectivity index (χ0) is 19.5. The molecule has 2 aliphatic heterocycles. The first kappa shape index (κ1) is 20.4. The SMILES string of the molecule is CC1COc2c(N3CC[N+](C)([O-])CC3)c(F)cc3c(=O)c(C(=O)O)cn1c23.Cl. The second kappa shape index (κ2) is 6.91. The number of benzene rings is 1. The topological polar surface area (TPSA) is 94.8 Å². The molecule has 1 atom stereocenters. The number of hydrogen-bond donors (Lipinski definition) is 1. The standard InChI is InChI=1S/C18H20FN3O5.ClH/c1-10-9-27-17-14-11(16(23)12(18(24)25)8-21(10)14)7-13(19)15(17)20-3-5-22(2,26)6-4-20;/h7-8,10H,3-6,9H2,1-2H3,(H,24,25);1H. The van der Waals surface area contributed by atoms with E-state index in [-0.39, 0.29) is 46.5 Å². The number of hydroxylamine groups is 3. The zero-order valence-electron chi connectivity index (χ0n) is 15.5. The molecule has 4 rings (SSSR count). The number of hydrogen-bond acceptors (Lipinski definition) is 5. The Balaban J connectivity index is 0.00000225. The number of carbonyl (C=O) groups is 1. The quantitative estimate of drug-likeness (QED) is 0.597. The number of piperazine rings is 1. The van der Waals surface area contributed by atoms with Crippen LogP contribution < -0.4 is 15.1 Å². The van der Waals surface area contributed by atoms with Gasteiger partial charge in [-0.15, -0.1) is 12.4 Å². The first-order valence-electron chi connectivity index (χ1n) is 8.77. The Morgan fingerprint density at radius 3 is 2.64 bits per heavy atom. The maximum Gasteiger partial charge on any atom is 0.341 e. The van der Waals surface area contributed by atoms with Crippen LogP contribution in [-0.2, 0) is 0 Å². The van der Waals surface area contributed by atoms with Gasteiger partial charge in [0.15, 0.2) is 11.6 Å². The van der Waals surface area contributed by atoms with Crippen LogP contribution in [0.15, 0.2) is 17.1 Å². The Labute approximate surface area is 166 Å². The van der Waals surface area contributed by atoms with Gasteiger partial charge in [0, 0.05) is 6.20 Å². The lowest BCUT2D eigenvalue weighted by molar-refractivity contribution is -0.861. The molecular weight excluding hydrogens is 393 g/mol. The Hall–Kier alpha value is -2.36. The average Bonchev–Trinajstić information content (AvgIpc) is 2.60. The Kier molecular flexibility index (Phi) is 5.03. The molecule has 0 saturated carbocycles. The van der Waals surface area contributed by atoms with Crippen LogP contribution >= 0.6 is 12.4 Å². The average molecular weight is 414 g/mol. The lowest BCUT2D eigenvalue weighted by atomic mass is 10.1. The lowest BCUT2D eigenvalue weighted by Gasteiger charge is -2.46. The number of anilines is 1. The third kappa shape index (κ3) is 3.09. The highest BCUT2D eigenvalue weighted by Gasteiger charge is 2.32. The van der Waals surface area contributed by atoms with E-state index < -0.39 is 22.8 Å². The summed E-state index contributed by atoms with van der Waals surface area (Å²) < 4.78 is 22.1. The normalized spacial score (nSPS) is 20.4. The zero-order valence-corrected chi connectivity index (χ0v) is 16.3. The summed E-state index contributed by atoms with van der Waals surface area (Å²) >= 11 is 0. The van der Waals surface area contributed by atoms with Crippen LogP contribution in [0.25, 0.3) is 10.9 Å². The van der Waals surface area contributed by atoms with E-state index in [2.05, 4.69) is 0 Å². The van der Waals surface area contributed by atoms with Gasteiger partial charge in [0.1, 0.15) is 17.9 Å². The lowest BCUT2D eigenvalue weighted by Crippen LogP contribution is -2.54. The number of pyridine rings is 1. The minimum absolute atomic E-state index is 0. The number of aromatic nitrogens is 1. The van der Waals surface area contributed by atoms with Crippen molar-refractivity contribution >= 4 is 35.0 Å². The van der Waals surface area contributed by atoms with Gasteiger partial charge in [0.25, 0.3) is 0 Å². The summed E-state index contributed by atoms with van der Waals surface area (Å²) in [7, 11) is 1.58. The van der Waals surface area contributed by atoms with Crippen molar-refractivity contribution in [3.8, 4) is 5.75 Å². The number of halogens is 2. The molecule has 10 heteroatoms. The molecule has 1 saturated heterocycles. The van der Waals surface area contributed by atoms with Crippen molar-refractivity contribution < 1.29 is 23.7 Å². The first-order chi connectivity index (χ1) is 12.7. The van der Waals surface area contributed by atoms with E-state index in [9.17, 15) is 19.9 Å². The largest absolute Gasteiger partial charge is 0.633 e. The second-order valence-electron chi connectivity index (χ2n) is 7.41. The van der Waals surface area contributed by atoms with Gasteiger partial charge in [-0.25, -0.2) is 9.18 Å². The van der Waals surface area contributed by atoms with Gasteiger partial charge < -0.3 is 29.2 Å². The van der Waals surface area contributed by atoms with Crippen LogP contribution in [-0.4, -0.2) is 60.1 Å². The van der Waals surface area contributed by atoms with Crippen molar-refractivity contribution in [3.05, 3.63) is 39.1 Å². The molecule has 0 spiro atoms. The van der Waals surface area contributed by atoms with E-state index in [4.69, 9.17) is 4.74 Å². The highest BCUT2D eigenvalue weighted by atomic mass is 35.5. The molecule has 152 valence electrons. The maximum atomic E-state index is 15.0. The molecule has 1 unspecified atom stereocenters. The number of rotatable bonds is 2. The van der Waals surface area contributed by atoms with Crippen molar-refractivity contribution in [1.29, 1.82) is 0 Å². The van der Waals surface area contributed by atoms with Crippen LogP contribution in [0.5, 0.6) is 5.75 Å². The Morgan fingerprint density at radius 1 is 1.39 bits per heavy atom. The third-order valence-electron chi connectivity index (χ3n) is 5.37. The van der Waals surface area contributed by atoms with Gasteiger partial charge in [-0.3, -0.25) is 4.79 Å². The van der Waals surface area contributed by atoms with Crippen molar-refractivity contribution in [1.82, 2.24) is 4.57 Å². The van der Waals surface area contributed by atoms with Crippen LogP contribution in [0.2, 0.25) is 0 Å². The van der Waals surface area contributed by atoms with Crippen LogP contribution in [0.1, 0.15) is 23.3 Å². The van der Waals surface area contributed by atoms with E-state index in [1.807, 2.05) is 6.92 Å². The predicted molar refractivity (Wildman–Crippen MR) is 104 cm³/mol. The summed E-state index contributed by atoms with van der Waals surface area (Å²) in [6.07, 6.45) is 1.30. The number of carboxylic acids is 1. The molecular formula is C18H21ClFN3O5. The summed E-state index contributed by atoms with van der Waals surface area (Å²) in [6, 6.07) is 0.876. The number of aromatic carboxylic acids is 1. The molecule has 0 amide bonds. The Morgan fingerprint density at radius 2 is 2.04 bits per heavy atom. The number of ether oxygens (including phenoxy) is 1. The number of nitrogens with zero attached hydrogens (tertiary/aromatic N) is 3. The summed E-state index contributed by atoms with van der Waals surface area (Å²) in [4.78, 5) is 25.8. The third-order valence-corrected chi connectivity index (χ3v) is 5.37. The van der Waals surface area contributed by atoms with Gasteiger partial charge in [-0.2, -0.15) is 0 Å². The van der Waals surface area contributed by atoms with Crippen LogP contribution in [0.3, 0.4) is 0 Å². The molecule has 2 aliphatic rings. The van der Waals surface area contributed by atoms with Crippen molar-refractivity contribution in [2.75, 3.05) is 44.7 Å². The second-order valence-corrected chi connectivity index (χ2v) is 7.41. The van der Waals surface area contributed by atoms with Crippen molar-refractivity contribution in [2.45, 2.75) is 13.0 Å². The maximum absolute atomic E-state index is 15.0. The molecule has 0 aliphatic carbocycles. The van der Waals surface area contributed by atoms with Crippen molar-refractivity contribution in [2.24, 2.45) is 0 Å². The van der Waals surface area contributed by atoms with Gasteiger partial charge in [0.2, 0.25) is 5.43 Å². The van der Waals surface area contributed by atoms with E-state index >= 15 is 4.39 Å². The number of quaternary nitrogens is 1. The fraction of sp³-hybridized carbons (Fsp3) is 0.444. The fourth-order valence-electron chi connectivity index (χ4n) is 3.77. The summed E-state index contributed by atoms with van der Waals surface area (Å²) in [5.74, 6) is -1.77. The molecule has 0 radical (unpaired) electrons. The molecule has 1 aromatic carbocycles. The van der Waals surface area contributed by atoms with Gasteiger partial charge in [0.05, 0.1) is 50.2 Å². The molecule has 1 aromatic heterocycles. The molecule has 2 aromatic rings. The van der Waals surface area contributed by atoms with Crippen LogP contribution in [0, 0.1) is 11.0 Å². The molecule has 28 heavy (non-hydrogen) atoms. The first-order valence-corrected chi connectivity index (χ1v) is 8.77. The van der Waals surface area contributed by atoms with Crippen LogP contribution in [0.4, 0.5) is 10.1 Å². The minimum atomic E-state index is -1.35. The Bertz CT molecular complexity index is 1010. The fourth-order valence-corrected chi connectivity index (χ4v) is 3.77. The number of likely N-dealkylation sites (N-methyl/N-ethyl adjacent to an activating group) is 1. The van der Waals surface area contributed by atoms with E-state index in [1.54, 1.807) is 16.5 Å². The van der Waals surface area contributed by atoms with E-state index in [1.165, 1.54) is 6.20 Å². The van der Waals surface area contributed by atoms with Gasteiger partial charge in [-0.1, -0.05) is 0 Å². The molecule has 0 bridgehead atoms. The highest BCUT2D eigenvalue weighted by molar-refractivity contribution is 5.97. The van der Waals surface area contributed by atoms with Crippen molar-refractivity contribution in [3.63, 3.8) is 0 Å². The molecule has 3 heterocycles. The summed E-state index contributed by atoms with van der Waals surface area (Å²) in [5.41, 5.74) is -0.511. The molecule has 1 fully saturated rings. The molecule has 8 nitrogen and oxygen atoms in total. The highest BCUT2D eigenvalue weighted by Crippen LogP contribution is 2.42. The van der Waals surface area contributed by atoms with Gasteiger partial charge in [-0.05, 0) is 13.0 Å². The monoisotopic (exact) mass is 413 g/mol.